The van der Waals surface area contributed by atoms with Crippen molar-refractivity contribution in [2.45, 2.75) is 19.0 Å². The lowest BCUT2D eigenvalue weighted by Crippen LogP contribution is -2.23. The van der Waals surface area contributed by atoms with E-state index in [4.69, 9.17) is 5.11 Å². The molecule has 0 spiro atoms. The number of nitro benzene ring substituents is 1. The van der Waals surface area contributed by atoms with Crippen LogP contribution in [0.15, 0.2) is 18.2 Å². The predicted molar refractivity (Wildman–Crippen MR) is 70.1 cm³/mol. The molecular weight excluding hydrogens is 289 g/mol. The quantitative estimate of drug-likeness (QED) is 0.686. The lowest BCUT2D eigenvalue weighted by atomic mass is 10.1. The zero-order valence-electron chi connectivity index (χ0n) is 11.1. The number of halogens is 3. The van der Waals surface area contributed by atoms with E-state index in [1.807, 2.05) is 0 Å². The van der Waals surface area contributed by atoms with E-state index in [1.165, 1.54) is 0 Å². The number of hydrogen-bond acceptors (Lipinski definition) is 4. The Morgan fingerprint density at radius 2 is 2.14 bits per heavy atom. The van der Waals surface area contributed by atoms with Crippen molar-refractivity contribution in [3.05, 3.63) is 33.9 Å². The van der Waals surface area contributed by atoms with Crippen molar-refractivity contribution in [3.63, 3.8) is 0 Å². The fourth-order valence-corrected chi connectivity index (χ4v) is 2.61. The summed E-state index contributed by atoms with van der Waals surface area (Å²) in [6.07, 6.45) is -3.39. The number of rotatable bonds is 4. The average molecular weight is 304 g/mol. The minimum Gasteiger partial charge on any atom is -0.396 e. The Balaban J connectivity index is 2.33. The minimum atomic E-state index is -4.64. The van der Waals surface area contributed by atoms with E-state index in [0.717, 1.165) is 12.1 Å². The molecule has 2 rings (SSSR count). The SMILES string of the molecule is O=[N+]([O-])c1ccc(N2CCC(CCO)C2)c(C(F)(F)F)c1. The number of nitro groups is 1. The molecule has 0 amide bonds. The lowest BCUT2D eigenvalue weighted by molar-refractivity contribution is -0.385. The maximum absolute atomic E-state index is 13.1. The molecule has 0 saturated carbocycles. The second-order valence-corrected chi connectivity index (χ2v) is 5.07. The highest BCUT2D eigenvalue weighted by atomic mass is 19.4. The van der Waals surface area contributed by atoms with Crippen LogP contribution in [0.4, 0.5) is 24.5 Å². The van der Waals surface area contributed by atoms with Crippen molar-refractivity contribution in [1.82, 2.24) is 0 Å². The number of aliphatic hydroxyl groups is 1. The molecule has 0 aromatic heterocycles. The van der Waals surface area contributed by atoms with Gasteiger partial charge in [-0.1, -0.05) is 0 Å². The number of non-ortho nitro benzene ring substituents is 1. The number of benzene rings is 1. The zero-order valence-corrected chi connectivity index (χ0v) is 11.1. The van der Waals surface area contributed by atoms with Crippen LogP contribution in [0.3, 0.4) is 0 Å². The number of alkyl halides is 3. The van der Waals surface area contributed by atoms with Crippen LogP contribution >= 0.6 is 0 Å². The summed E-state index contributed by atoms with van der Waals surface area (Å²) in [5.41, 5.74) is -1.59. The second kappa shape index (κ2) is 5.88. The summed E-state index contributed by atoms with van der Waals surface area (Å²) < 4.78 is 39.3. The van der Waals surface area contributed by atoms with Crippen molar-refractivity contribution in [2.24, 2.45) is 5.92 Å². The van der Waals surface area contributed by atoms with Crippen LogP contribution < -0.4 is 4.90 Å². The molecule has 1 aliphatic rings. The molecule has 116 valence electrons. The van der Waals surface area contributed by atoms with Gasteiger partial charge in [0.2, 0.25) is 0 Å². The van der Waals surface area contributed by atoms with Crippen molar-refractivity contribution >= 4 is 11.4 Å². The summed E-state index contributed by atoms with van der Waals surface area (Å²) >= 11 is 0. The first-order chi connectivity index (χ1) is 9.82. The Labute approximate surface area is 119 Å². The molecule has 1 aliphatic heterocycles. The van der Waals surface area contributed by atoms with Gasteiger partial charge in [0.25, 0.3) is 5.69 Å². The molecule has 1 N–H and O–H groups in total. The van der Waals surface area contributed by atoms with Gasteiger partial charge in [0.1, 0.15) is 0 Å². The van der Waals surface area contributed by atoms with Gasteiger partial charge in [-0.15, -0.1) is 0 Å². The van der Waals surface area contributed by atoms with Crippen LogP contribution in [0, 0.1) is 16.0 Å². The maximum Gasteiger partial charge on any atom is 0.418 e. The smallest absolute Gasteiger partial charge is 0.396 e. The third-order valence-corrected chi connectivity index (χ3v) is 3.66. The largest absolute Gasteiger partial charge is 0.418 e. The Morgan fingerprint density at radius 1 is 1.43 bits per heavy atom. The summed E-state index contributed by atoms with van der Waals surface area (Å²) in [6.45, 7) is 0.873. The molecular formula is C13H15F3N2O3. The van der Waals surface area contributed by atoms with Crippen molar-refractivity contribution in [3.8, 4) is 0 Å². The van der Waals surface area contributed by atoms with E-state index < -0.39 is 22.4 Å². The molecule has 21 heavy (non-hydrogen) atoms. The highest BCUT2D eigenvalue weighted by Crippen LogP contribution is 2.40. The van der Waals surface area contributed by atoms with E-state index in [0.29, 0.717) is 32.0 Å². The molecule has 1 heterocycles. The predicted octanol–water partition coefficient (Wildman–Crippen LogP) is 2.82. The van der Waals surface area contributed by atoms with Crippen LogP contribution in [0.2, 0.25) is 0 Å². The molecule has 1 unspecified atom stereocenters. The third-order valence-electron chi connectivity index (χ3n) is 3.66. The van der Waals surface area contributed by atoms with E-state index in [-0.39, 0.29) is 18.2 Å². The molecule has 1 aromatic carbocycles. The van der Waals surface area contributed by atoms with Gasteiger partial charge in [0.05, 0.1) is 10.5 Å². The first kappa shape index (κ1) is 15.6. The van der Waals surface area contributed by atoms with Crippen molar-refractivity contribution in [1.29, 1.82) is 0 Å². The molecule has 8 heteroatoms. The fraction of sp³-hybridized carbons (Fsp3) is 0.538. The minimum absolute atomic E-state index is 0.00486. The fourth-order valence-electron chi connectivity index (χ4n) is 2.61. The Morgan fingerprint density at radius 3 is 2.71 bits per heavy atom. The summed E-state index contributed by atoms with van der Waals surface area (Å²) in [4.78, 5) is 11.4. The van der Waals surface area contributed by atoms with E-state index in [2.05, 4.69) is 0 Å². The highest BCUT2D eigenvalue weighted by molar-refractivity contribution is 5.59. The number of aliphatic hydroxyl groups excluding tert-OH is 1. The molecule has 1 saturated heterocycles. The lowest BCUT2D eigenvalue weighted by Gasteiger charge is -2.23. The van der Waals surface area contributed by atoms with Gasteiger partial charge in [-0.25, -0.2) is 0 Å². The summed E-state index contributed by atoms with van der Waals surface area (Å²) in [6, 6.07) is 2.82. The molecule has 5 nitrogen and oxygen atoms in total. The summed E-state index contributed by atoms with van der Waals surface area (Å²) in [7, 11) is 0. The first-order valence-electron chi connectivity index (χ1n) is 6.54. The highest BCUT2D eigenvalue weighted by Gasteiger charge is 2.37. The number of hydrogen-bond donors (Lipinski definition) is 1. The molecule has 0 bridgehead atoms. The molecule has 1 fully saturated rings. The zero-order chi connectivity index (χ0) is 15.6. The Hall–Kier alpha value is -1.83. The van der Waals surface area contributed by atoms with Gasteiger partial charge in [0, 0.05) is 37.5 Å². The summed E-state index contributed by atoms with van der Waals surface area (Å²) in [5.74, 6) is 0.145. The normalized spacial score (nSPS) is 19.0. The van der Waals surface area contributed by atoms with Crippen LogP contribution in [0.1, 0.15) is 18.4 Å². The Bertz CT molecular complexity index is 534. The number of nitrogens with zero attached hydrogens (tertiary/aromatic N) is 2. The van der Waals surface area contributed by atoms with Gasteiger partial charge in [-0.2, -0.15) is 13.2 Å². The van der Waals surface area contributed by atoms with Crippen LogP contribution in [0.5, 0.6) is 0 Å². The average Bonchev–Trinajstić information content (AvgIpc) is 2.86. The first-order valence-corrected chi connectivity index (χ1v) is 6.54. The molecule has 0 radical (unpaired) electrons. The standard InChI is InChI=1S/C13H15F3N2O3/c14-13(15,16)11-7-10(18(20)21)1-2-12(11)17-5-3-9(8-17)4-6-19/h1-2,7,9,19H,3-6,8H2. The molecule has 1 atom stereocenters. The van der Waals surface area contributed by atoms with Gasteiger partial charge in [0.15, 0.2) is 0 Å². The van der Waals surface area contributed by atoms with Crippen LogP contribution in [-0.4, -0.2) is 29.7 Å². The third kappa shape index (κ3) is 3.44. The van der Waals surface area contributed by atoms with Crippen molar-refractivity contribution in [2.75, 3.05) is 24.6 Å². The van der Waals surface area contributed by atoms with E-state index in [1.54, 1.807) is 4.90 Å². The molecule has 0 aliphatic carbocycles. The Kier molecular flexibility index (Phi) is 4.36. The van der Waals surface area contributed by atoms with Gasteiger partial charge in [-0.05, 0) is 24.8 Å². The van der Waals surface area contributed by atoms with Gasteiger partial charge >= 0.3 is 6.18 Å². The van der Waals surface area contributed by atoms with Gasteiger partial charge < -0.3 is 10.0 Å². The maximum atomic E-state index is 13.1. The van der Waals surface area contributed by atoms with Crippen molar-refractivity contribution < 1.29 is 23.2 Å². The topological polar surface area (TPSA) is 66.6 Å². The van der Waals surface area contributed by atoms with Crippen LogP contribution in [-0.2, 0) is 6.18 Å². The van der Waals surface area contributed by atoms with Crippen LogP contribution in [0.25, 0.3) is 0 Å². The van der Waals surface area contributed by atoms with E-state index >= 15 is 0 Å². The monoisotopic (exact) mass is 304 g/mol. The second-order valence-electron chi connectivity index (χ2n) is 5.07. The van der Waals surface area contributed by atoms with Gasteiger partial charge in [-0.3, -0.25) is 10.1 Å². The molecule has 1 aromatic rings. The summed E-state index contributed by atoms with van der Waals surface area (Å²) in [5, 5.41) is 19.5. The number of anilines is 1. The van der Waals surface area contributed by atoms with E-state index in [9.17, 15) is 23.3 Å².